The van der Waals surface area contributed by atoms with E-state index in [1.807, 2.05) is 0 Å². The van der Waals surface area contributed by atoms with Crippen molar-refractivity contribution in [2.75, 3.05) is 0 Å². The number of hydrogen-bond donors (Lipinski definition) is 1. The van der Waals surface area contributed by atoms with Gasteiger partial charge in [-0.15, -0.1) is 0 Å². The van der Waals surface area contributed by atoms with Crippen molar-refractivity contribution in [1.82, 2.24) is 4.98 Å². The third-order valence-corrected chi connectivity index (χ3v) is 3.46. The molecule has 0 atom stereocenters. The Morgan fingerprint density at radius 3 is 2.67 bits per heavy atom. The van der Waals surface area contributed by atoms with Crippen LogP contribution in [0.3, 0.4) is 0 Å². The highest BCUT2D eigenvalue weighted by Gasteiger charge is 2.20. The number of aromatic carboxylic acids is 1. The van der Waals surface area contributed by atoms with Crippen LogP contribution in [0.2, 0.25) is 5.15 Å². The number of carboxylic acids is 1. The first-order chi connectivity index (χ1) is 8.54. The van der Waals surface area contributed by atoms with Gasteiger partial charge in [0.2, 0.25) is 5.88 Å². The maximum atomic E-state index is 10.9. The average molecular weight is 270 g/mol. The average Bonchev–Trinajstić information content (AvgIpc) is 2.31. The van der Waals surface area contributed by atoms with Gasteiger partial charge in [0.25, 0.3) is 0 Å². The molecular formula is C13H16ClNO3. The molecule has 0 aromatic carbocycles. The van der Waals surface area contributed by atoms with Crippen molar-refractivity contribution in [3.8, 4) is 5.88 Å². The quantitative estimate of drug-likeness (QED) is 0.855. The molecule has 0 saturated heterocycles. The first-order valence-corrected chi connectivity index (χ1v) is 6.50. The molecule has 5 heteroatoms. The third kappa shape index (κ3) is 3.35. The molecule has 18 heavy (non-hydrogen) atoms. The molecule has 1 saturated carbocycles. The summed E-state index contributed by atoms with van der Waals surface area (Å²) in [6.45, 7) is 2.23. The van der Waals surface area contributed by atoms with Crippen LogP contribution < -0.4 is 4.74 Å². The minimum absolute atomic E-state index is 0.106. The first kappa shape index (κ1) is 13.1. The Kier molecular flexibility index (Phi) is 4.07. The van der Waals surface area contributed by atoms with Gasteiger partial charge >= 0.3 is 5.97 Å². The van der Waals surface area contributed by atoms with Gasteiger partial charge in [0.15, 0.2) is 0 Å². The molecule has 98 valence electrons. The van der Waals surface area contributed by atoms with E-state index < -0.39 is 5.97 Å². The predicted molar refractivity (Wildman–Crippen MR) is 68.3 cm³/mol. The second kappa shape index (κ2) is 5.57. The van der Waals surface area contributed by atoms with Gasteiger partial charge in [0.1, 0.15) is 11.3 Å². The molecule has 0 aliphatic heterocycles. The van der Waals surface area contributed by atoms with Crippen molar-refractivity contribution in [1.29, 1.82) is 0 Å². The highest BCUT2D eigenvalue weighted by atomic mass is 35.5. The number of nitrogens with zero attached hydrogens (tertiary/aromatic N) is 1. The maximum Gasteiger partial charge on any atom is 0.335 e. The van der Waals surface area contributed by atoms with Crippen molar-refractivity contribution in [2.45, 2.75) is 38.7 Å². The first-order valence-electron chi connectivity index (χ1n) is 6.12. The molecule has 1 aromatic heterocycles. The van der Waals surface area contributed by atoms with Crippen molar-refractivity contribution >= 4 is 17.6 Å². The zero-order valence-corrected chi connectivity index (χ0v) is 11.0. The van der Waals surface area contributed by atoms with Crippen LogP contribution in [0.1, 0.15) is 43.0 Å². The smallest absolute Gasteiger partial charge is 0.335 e. The van der Waals surface area contributed by atoms with Crippen LogP contribution >= 0.6 is 11.6 Å². The molecule has 1 fully saturated rings. The normalized spacial score (nSPS) is 23.7. The van der Waals surface area contributed by atoms with Crippen LogP contribution in [0.5, 0.6) is 5.88 Å². The Balaban J connectivity index is 2.07. The summed E-state index contributed by atoms with van der Waals surface area (Å²) in [5.74, 6) is 0.0209. The van der Waals surface area contributed by atoms with E-state index in [-0.39, 0.29) is 16.8 Å². The van der Waals surface area contributed by atoms with E-state index in [1.54, 1.807) is 0 Å². The fraction of sp³-hybridized carbons (Fsp3) is 0.538. The molecule has 0 radical (unpaired) electrons. The SMILES string of the molecule is CC1CCC(Oc2cc(C(=O)O)cc(Cl)n2)CC1. The van der Waals surface area contributed by atoms with Crippen LogP contribution in [-0.4, -0.2) is 22.2 Å². The lowest BCUT2D eigenvalue weighted by Gasteiger charge is -2.26. The zero-order valence-electron chi connectivity index (χ0n) is 10.2. The summed E-state index contributed by atoms with van der Waals surface area (Å²) >= 11 is 5.78. The van der Waals surface area contributed by atoms with Gasteiger partial charge in [-0.05, 0) is 37.7 Å². The lowest BCUT2D eigenvalue weighted by atomic mass is 9.89. The second-order valence-electron chi connectivity index (χ2n) is 4.82. The Morgan fingerprint density at radius 1 is 1.39 bits per heavy atom. The number of hydrogen-bond acceptors (Lipinski definition) is 3. The molecule has 4 nitrogen and oxygen atoms in total. The topological polar surface area (TPSA) is 59.4 Å². The molecule has 1 aliphatic rings. The molecule has 0 spiro atoms. The molecule has 1 heterocycles. The second-order valence-corrected chi connectivity index (χ2v) is 5.21. The van der Waals surface area contributed by atoms with Crippen LogP contribution in [0.25, 0.3) is 0 Å². The molecule has 1 N–H and O–H groups in total. The maximum absolute atomic E-state index is 10.9. The minimum Gasteiger partial charge on any atom is -0.478 e. The summed E-state index contributed by atoms with van der Waals surface area (Å²) < 4.78 is 5.72. The van der Waals surface area contributed by atoms with Crippen LogP contribution in [0.15, 0.2) is 12.1 Å². The standard InChI is InChI=1S/C13H16ClNO3/c1-8-2-4-10(5-3-8)18-12-7-9(13(16)17)6-11(14)15-12/h6-8,10H,2-5H2,1H3,(H,16,17). The molecular weight excluding hydrogens is 254 g/mol. The number of rotatable bonds is 3. The number of ether oxygens (including phenoxy) is 1. The summed E-state index contributed by atoms with van der Waals surface area (Å²) in [5.41, 5.74) is 0.106. The van der Waals surface area contributed by atoms with Crippen molar-refractivity contribution < 1.29 is 14.6 Å². The van der Waals surface area contributed by atoms with Crippen LogP contribution in [0.4, 0.5) is 0 Å². The zero-order chi connectivity index (χ0) is 13.1. The summed E-state index contributed by atoms with van der Waals surface area (Å²) in [6.07, 6.45) is 4.36. The highest BCUT2D eigenvalue weighted by Crippen LogP contribution is 2.27. The van der Waals surface area contributed by atoms with Gasteiger partial charge in [-0.2, -0.15) is 0 Å². The number of carboxylic acid groups (broad SMARTS) is 1. The van der Waals surface area contributed by atoms with Gasteiger partial charge < -0.3 is 9.84 Å². The van der Waals surface area contributed by atoms with E-state index >= 15 is 0 Å². The molecule has 0 amide bonds. The van der Waals surface area contributed by atoms with E-state index in [2.05, 4.69) is 11.9 Å². The monoisotopic (exact) mass is 269 g/mol. The van der Waals surface area contributed by atoms with Gasteiger partial charge in [-0.25, -0.2) is 9.78 Å². The molecule has 1 aliphatic carbocycles. The van der Waals surface area contributed by atoms with E-state index in [0.717, 1.165) is 31.6 Å². The van der Waals surface area contributed by atoms with Crippen LogP contribution in [0, 0.1) is 5.92 Å². The predicted octanol–water partition coefficient (Wildman–Crippen LogP) is 3.39. The summed E-state index contributed by atoms with van der Waals surface area (Å²) in [5, 5.41) is 9.08. The van der Waals surface area contributed by atoms with Gasteiger partial charge in [-0.1, -0.05) is 18.5 Å². The fourth-order valence-corrected chi connectivity index (χ4v) is 2.38. The van der Waals surface area contributed by atoms with Gasteiger partial charge in [0.05, 0.1) is 5.56 Å². The van der Waals surface area contributed by atoms with Crippen LogP contribution in [-0.2, 0) is 0 Å². The summed E-state index contributed by atoms with van der Waals surface area (Å²) in [7, 11) is 0. The Morgan fingerprint density at radius 2 is 2.06 bits per heavy atom. The molecule has 2 rings (SSSR count). The van der Waals surface area contributed by atoms with E-state index in [0.29, 0.717) is 5.88 Å². The Labute approximate surface area is 111 Å². The van der Waals surface area contributed by atoms with Gasteiger partial charge in [-0.3, -0.25) is 0 Å². The van der Waals surface area contributed by atoms with Crippen molar-refractivity contribution in [3.63, 3.8) is 0 Å². The van der Waals surface area contributed by atoms with E-state index in [1.165, 1.54) is 12.1 Å². The molecule has 0 unspecified atom stereocenters. The largest absolute Gasteiger partial charge is 0.478 e. The van der Waals surface area contributed by atoms with Gasteiger partial charge in [0, 0.05) is 6.07 Å². The Hall–Kier alpha value is -1.29. The van der Waals surface area contributed by atoms with Crippen molar-refractivity contribution in [3.05, 3.63) is 22.8 Å². The minimum atomic E-state index is -1.03. The van der Waals surface area contributed by atoms with Crippen molar-refractivity contribution in [2.24, 2.45) is 5.92 Å². The third-order valence-electron chi connectivity index (χ3n) is 3.27. The summed E-state index contributed by atoms with van der Waals surface area (Å²) in [4.78, 5) is 14.9. The number of pyridine rings is 1. The fourth-order valence-electron chi connectivity index (χ4n) is 2.17. The summed E-state index contributed by atoms with van der Waals surface area (Å²) in [6, 6.07) is 2.74. The number of aromatic nitrogens is 1. The van der Waals surface area contributed by atoms with E-state index in [4.69, 9.17) is 21.4 Å². The lowest BCUT2D eigenvalue weighted by molar-refractivity contribution is 0.0695. The number of carbonyl (C=O) groups is 1. The molecule has 0 bridgehead atoms. The lowest BCUT2D eigenvalue weighted by Crippen LogP contribution is -2.23. The highest BCUT2D eigenvalue weighted by molar-refractivity contribution is 6.29. The molecule has 1 aromatic rings. The Bertz CT molecular complexity index is 442. The number of halogens is 1. The van der Waals surface area contributed by atoms with E-state index in [9.17, 15) is 4.79 Å².